The Morgan fingerprint density at radius 1 is 1.19 bits per heavy atom. The summed E-state index contributed by atoms with van der Waals surface area (Å²) in [6, 6.07) is 7.14. The van der Waals surface area contributed by atoms with E-state index in [1.54, 1.807) is 16.8 Å². The van der Waals surface area contributed by atoms with Crippen LogP contribution in [0.15, 0.2) is 24.3 Å². The van der Waals surface area contributed by atoms with Crippen LogP contribution in [0.3, 0.4) is 0 Å². The van der Waals surface area contributed by atoms with E-state index in [4.69, 9.17) is 11.6 Å². The van der Waals surface area contributed by atoms with Gasteiger partial charge in [0.25, 0.3) is 5.91 Å². The van der Waals surface area contributed by atoms with Gasteiger partial charge in [-0.2, -0.15) is 5.10 Å². The second-order valence-corrected chi connectivity index (χ2v) is 7.94. The topological polar surface area (TPSA) is 67.2 Å². The molecule has 1 N–H and O–H groups in total. The van der Waals surface area contributed by atoms with Gasteiger partial charge < -0.3 is 10.2 Å². The van der Waals surface area contributed by atoms with Gasteiger partial charge in [-0.3, -0.25) is 9.59 Å². The fourth-order valence-corrected chi connectivity index (χ4v) is 2.88. The number of aromatic nitrogens is 2. The lowest BCUT2D eigenvalue weighted by Gasteiger charge is -2.25. The van der Waals surface area contributed by atoms with E-state index in [0.29, 0.717) is 17.1 Å². The first kappa shape index (κ1) is 21.0. The smallest absolute Gasteiger partial charge is 0.254 e. The molecule has 0 fully saturated rings. The molecule has 2 amide bonds. The number of likely N-dealkylation sites (N-methyl/N-ethyl adjacent to an activating group) is 1. The molecule has 146 valence electrons. The van der Waals surface area contributed by atoms with E-state index in [2.05, 4.69) is 10.4 Å². The van der Waals surface area contributed by atoms with E-state index < -0.39 is 0 Å². The Morgan fingerprint density at radius 2 is 1.78 bits per heavy atom. The quantitative estimate of drug-likeness (QED) is 0.849. The van der Waals surface area contributed by atoms with Crippen LogP contribution in [0.2, 0.25) is 5.02 Å². The number of amides is 2. The van der Waals surface area contributed by atoms with Crippen LogP contribution in [0.5, 0.6) is 0 Å². The molecule has 0 spiro atoms. The Balaban J connectivity index is 2.16. The van der Waals surface area contributed by atoms with Crippen molar-refractivity contribution in [2.24, 2.45) is 0 Å². The lowest BCUT2D eigenvalue weighted by Crippen LogP contribution is -2.47. The maximum Gasteiger partial charge on any atom is 0.254 e. The first-order valence-electron chi connectivity index (χ1n) is 8.96. The molecule has 27 heavy (non-hydrogen) atoms. The average Bonchev–Trinajstić information content (AvgIpc) is 2.85. The van der Waals surface area contributed by atoms with Crippen molar-refractivity contribution in [3.8, 4) is 5.69 Å². The van der Waals surface area contributed by atoms with Crippen molar-refractivity contribution in [1.82, 2.24) is 20.0 Å². The van der Waals surface area contributed by atoms with E-state index in [1.807, 2.05) is 53.7 Å². The van der Waals surface area contributed by atoms with Crippen LogP contribution in [-0.4, -0.2) is 45.1 Å². The molecule has 0 radical (unpaired) electrons. The zero-order valence-corrected chi connectivity index (χ0v) is 17.5. The normalized spacial score (nSPS) is 11.4. The number of carbonyl (C=O) groups excluding carboxylic acids is 2. The SMILES string of the molecule is CCN(CC(=O)NC(C)(C)C)C(=O)c1ccc(-n2nc(C)c(Cl)c2C)cc1. The number of nitrogens with zero attached hydrogens (tertiary/aromatic N) is 3. The van der Waals surface area contributed by atoms with Crippen LogP contribution >= 0.6 is 11.6 Å². The second-order valence-electron chi connectivity index (χ2n) is 7.56. The molecule has 0 bridgehead atoms. The first-order chi connectivity index (χ1) is 12.5. The average molecular weight is 391 g/mol. The molecule has 2 rings (SSSR count). The number of hydrogen-bond acceptors (Lipinski definition) is 3. The van der Waals surface area contributed by atoms with Gasteiger partial charge in [0, 0.05) is 17.6 Å². The number of halogens is 1. The minimum Gasteiger partial charge on any atom is -0.350 e. The zero-order valence-electron chi connectivity index (χ0n) is 16.8. The molecule has 6 nitrogen and oxygen atoms in total. The van der Waals surface area contributed by atoms with Gasteiger partial charge in [-0.05, 0) is 65.8 Å². The largest absolute Gasteiger partial charge is 0.350 e. The Morgan fingerprint density at radius 3 is 2.22 bits per heavy atom. The Hall–Kier alpha value is -2.34. The summed E-state index contributed by atoms with van der Waals surface area (Å²) in [7, 11) is 0. The monoisotopic (exact) mass is 390 g/mol. The van der Waals surface area contributed by atoms with Crippen molar-refractivity contribution in [2.75, 3.05) is 13.1 Å². The number of aryl methyl sites for hydroxylation is 1. The van der Waals surface area contributed by atoms with Crippen molar-refractivity contribution < 1.29 is 9.59 Å². The maximum absolute atomic E-state index is 12.8. The summed E-state index contributed by atoms with van der Waals surface area (Å²) in [6.45, 7) is 11.8. The van der Waals surface area contributed by atoms with Crippen molar-refractivity contribution in [3.05, 3.63) is 46.2 Å². The zero-order chi connectivity index (χ0) is 20.4. The highest BCUT2D eigenvalue weighted by Crippen LogP contribution is 2.22. The third kappa shape index (κ3) is 5.10. The van der Waals surface area contributed by atoms with Crippen molar-refractivity contribution in [1.29, 1.82) is 0 Å². The summed E-state index contributed by atoms with van der Waals surface area (Å²) < 4.78 is 1.75. The van der Waals surface area contributed by atoms with Crippen LogP contribution in [0.25, 0.3) is 5.69 Å². The standard InChI is InChI=1S/C20H27ClN4O2/c1-7-24(12-17(26)22-20(4,5)6)19(27)15-8-10-16(11-9-15)25-14(3)18(21)13(2)23-25/h8-11H,7,12H2,1-6H3,(H,22,26). The highest BCUT2D eigenvalue weighted by molar-refractivity contribution is 6.31. The van der Waals surface area contributed by atoms with E-state index in [9.17, 15) is 9.59 Å². The number of carbonyl (C=O) groups is 2. The first-order valence-corrected chi connectivity index (χ1v) is 9.33. The summed E-state index contributed by atoms with van der Waals surface area (Å²) in [6.07, 6.45) is 0. The lowest BCUT2D eigenvalue weighted by molar-refractivity contribution is -0.123. The van der Waals surface area contributed by atoms with Gasteiger partial charge in [0.2, 0.25) is 5.91 Å². The van der Waals surface area contributed by atoms with Gasteiger partial charge in [-0.15, -0.1) is 0 Å². The fourth-order valence-electron chi connectivity index (χ4n) is 2.76. The molecule has 0 saturated heterocycles. The number of rotatable bonds is 5. The van der Waals surface area contributed by atoms with Crippen LogP contribution in [-0.2, 0) is 4.79 Å². The second kappa shape index (κ2) is 8.13. The summed E-state index contributed by atoms with van der Waals surface area (Å²) in [4.78, 5) is 26.4. The predicted octanol–water partition coefficient (Wildman–Crippen LogP) is 3.52. The number of hydrogen-bond donors (Lipinski definition) is 1. The minimum absolute atomic E-state index is 0.0292. The van der Waals surface area contributed by atoms with Crippen molar-refractivity contribution in [2.45, 2.75) is 47.1 Å². The molecule has 0 aliphatic carbocycles. The van der Waals surface area contributed by atoms with Crippen LogP contribution in [0.1, 0.15) is 49.4 Å². The van der Waals surface area contributed by atoms with Gasteiger partial charge in [0.15, 0.2) is 0 Å². The molecule has 0 aliphatic rings. The molecule has 0 aliphatic heterocycles. The summed E-state index contributed by atoms with van der Waals surface area (Å²) in [5, 5.41) is 7.93. The number of nitrogens with one attached hydrogen (secondary N) is 1. The van der Waals surface area contributed by atoms with Gasteiger partial charge in [0.05, 0.1) is 28.6 Å². The molecule has 2 aromatic rings. The maximum atomic E-state index is 12.8. The molecule has 1 aromatic carbocycles. The Labute approximate surface area is 165 Å². The van der Waals surface area contributed by atoms with Crippen LogP contribution in [0.4, 0.5) is 0 Å². The molecule has 1 heterocycles. The highest BCUT2D eigenvalue weighted by atomic mass is 35.5. The van der Waals surface area contributed by atoms with Crippen molar-refractivity contribution >= 4 is 23.4 Å². The third-order valence-corrected chi connectivity index (χ3v) is 4.63. The van der Waals surface area contributed by atoms with Crippen molar-refractivity contribution in [3.63, 3.8) is 0 Å². The van der Waals surface area contributed by atoms with E-state index >= 15 is 0 Å². The van der Waals surface area contributed by atoms with Gasteiger partial charge in [-0.1, -0.05) is 11.6 Å². The molecular formula is C20H27ClN4O2. The molecule has 7 heteroatoms. The van der Waals surface area contributed by atoms with E-state index in [1.165, 1.54) is 4.90 Å². The van der Waals surface area contributed by atoms with E-state index in [-0.39, 0.29) is 23.9 Å². The molecule has 0 saturated carbocycles. The highest BCUT2D eigenvalue weighted by Gasteiger charge is 2.20. The molecule has 1 aromatic heterocycles. The van der Waals surface area contributed by atoms with E-state index in [0.717, 1.165) is 17.1 Å². The molecular weight excluding hydrogens is 364 g/mol. The minimum atomic E-state index is -0.331. The lowest BCUT2D eigenvalue weighted by atomic mass is 10.1. The molecule has 0 atom stereocenters. The Kier molecular flexibility index (Phi) is 6.31. The van der Waals surface area contributed by atoms with Gasteiger partial charge in [0.1, 0.15) is 0 Å². The summed E-state index contributed by atoms with van der Waals surface area (Å²) >= 11 is 6.20. The fraction of sp³-hybridized carbons (Fsp3) is 0.450. The summed E-state index contributed by atoms with van der Waals surface area (Å²) in [5.41, 5.74) is 2.63. The molecule has 0 unspecified atom stereocenters. The summed E-state index contributed by atoms with van der Waals surface area (Å²) in [5.74, 6) is -0.355. The Bertz CT molecular complexity index is 835. The third-order valence-electron chi connectivity index (χ3n) is 4.08. The van der Waals surface area contributed by atoms with Crippen LogP contribution in [0, 0.1) is 13.8 Å². The number of benzene rings is 1. The van der Waals surface area contributed by atoms with Crippen LogP contribution < -0.4 is 5.32 Å². The predicted molar refractivity (Wildman–Crippen MR) is 108 cm³/mol. The van der Waals surface area contributed by atoms with Gasteiger partial charge in [-0.25, -0.2) is 4.68 Å². The van der Waals surface area contributed by atoms with Gasteiger partial charge >= 0.3 is 0 Å².